The number of rotatable bonds is 7. The van der Waals surface area contributed by atoms with Gasteiger partial charge in [0, 0.05) is 13.7 Å². The third kappa shape index (κ3) is 4.92. The lowest BCUT2D eigenvalue weighted by molar-refractivity contribution is -0.129. The van der Waals surface area contributed by atoms with E-state index in [4.69, 9.17) is 9.57 Å². The molecule has 0 radical (unpaired) electrons. The lowest BCUT2D eigenvalue weighted by atomic mass is 10.3. The number of hydrogen-bond donors (Lipinski definition) is 2. The van der Waals surface area contributed by atoms with Gasteiger partial charge >= 0.3 is 0 Å². The van der Waals surface area contributed by atoms with Gasteiger partial charge in [0.25, 0.3) is 0 Å². The highest BCUT2D eigenvalue weighted by atomic mass is 16.7. The smallest absolute Gasteiger partial charge is 0.239 e. The zero-order valence-corrected chi connectivity index (χ0v) is 10.1. The van der Waals surface area contributed by atoms with E-state index in [2.05, 4.69) is 10.8 Å². The van der Waals surface area contributed by atoms with Crippen molar-refractivity contribution in [1.82, 2.24) is 10.8 Å². The summed E-state index contributed by atoms with van der Waals surface area (Å²) >= 11 is 0. The predicted molar refractivity (Wildman–Crippen MR) is 60.8 cm³/mol. The lowest BCUT2D eigenvalue weighted by Gasteiger charge is -2.17. The molecule has 5 heteroatoms. The van der Waals surface area contributed by atoms with Gasteiger partial charge in [-0.15, -0.1) is 0 Å². The van der Waals surface area contributed by atoms with Crippen molar-refractivity contribution in [2.24, 2.45) is 0 Å². The number of amides is 1. The molecule has 1 aliphatic rings. The van der Waals surface area contributed by atoms with Gasteiger partial charge in [0.1, 0.15) is 6.04 Å². The number of hydroxylamine groups is 1. The molecular weight excluding hydrogens is 208 g/mol. The van der Waals surface area contributed by atoms with Gasteiger partial charge in [-0.25, -0.2) is 0 Å². The Bertz CT molecular complexity index is 205. The van der Waals surface area contributed by atoms with Crippen molar-refractivity contribution in [3.05, 3.63) is 0 Å². The Morgan fingerprint density at radius 1 is 1.44 bits per heavy atom. The van der Waals surface area contributed by atoms with Gasteiger partial charge in [-0.3, -0.25) is 9.63 Å². The summed E-state index contributed by atoms with van der Waals surface area (Å²) in [5.41, 5.74) is 2.80. The van der Waals surface area contributed by atoms with Crippen LogP contribution in [0, 0.1) is 0 Å². The molecule has 0 aliphatic heterocycles. The second kappa shape index (κ2) is 7.60. The monoisotopic (exact) mass is 230 g/mol. The molecule has 0 aromatic carbocycles. The largest absolute Gasteiger partial charge is 0.383 e. The fourth-order valence-electron chi connectivity index (χ4n) is 1.69. The topological polar surface area (TPSA) is 59.6 Å². The highest BCUT2D eigenvalue weighted by Crippen LogP contribution is 2.19. The van der Waals surface area contributed by atoms with E-state index >= 15 is 0 Å². The van der Waals surface area contributed by atoms with E-state index in [-0.39, 0.29) is 18.1 Å². The Balaban J connectivity index is 2.07. The average molecular weight is 230 g/mol. The van der Waals surface area contributed by atoms with Crippen LogP contribution < -0.4 is 10.8 Å². The number of nitrogens with one attached hydrogen (secondary N) is 2. The van der Waals surface area contributed by atoms with Crippen LogP contribution in [0.3, 0.4) is 0 Å². The molecule has 1 unspecified atom stereocenters. The minimum Gasteiger partial charge on any atom is -0.383 e. The van der Waals surface area contributed by atoms with E-state index in [9.17, 15) is 4.79 Å². The lowest BCUT2D eigenvalue weighted by Crippen LogP contribution is -2.44. The summed E-state index contributed by atoms with van der Waals surface area (Å²) in [5.74, 6) is -0.0601. The van der Waals surface area contributed by atoms with E-state index in [0.29, 0.717) is 13.2 Å². The van der Waals surface area contributed by atoms with Crippen molar-refractivity contribution in [1.29, 1.82) is 0 Å². The van der Waals surface area contributed by atoms with Gasteiger partial charge < -0.3 is 10.1 Å². The van der Waals surface area contributed by atoms with E-state index in [1.807, 2.05) is 0 Å². The van der Waals surface area contributed by atoms with Crippen molar-refractivity contribution in [2.75, 3.05) is 20.3 Å². The fourth-order valence-corrected chi connectivity index (χ4v) is 1.69. The van der Waals surface area contributed by atoms with Gasteiger partial charge in [-0.05, 0) is 19.8 Å². The maximum atomic E-state index is 11.5. The van der Waals surface area contributed by atoms with Gasteiger partial charge in [-0.2, -0.15) is 5.48 Å². The van der Waals surface area contributed by atoms with Crippen molar-refractivity contribution in [2.45, 2.75) is 44.8 Å². The first kappa shape index (κ1) is 13.4. The molecule has 1 atom stereocenters. The van der Waals surface area contributed by atoms with Crippen LogP contribution in [-0.4, -0.2) is 38.3 Å². The summed E-state index contributed by atoms with van der Waals surface area (Å²) in [7, 11) is 1.61. The highest BCUT2D eigenvalue weighted by molar-refractivity contribution is 5.81. The Kier molecular flexibility index (Phi) is 6.37. The van der Waals surface area contributed by atoms with Crippen LogP contribution in [0.1, 0.15) is 32.6 Å². The SMILES string of the molecule is COCCNC(=O)C(C)NOC1CCCC1. The van der Waals surface area contributed by atoms with Crippen molar-refractivity contribution < 1.29 is 14.4 Å². The average Bonchev–Trinajstić information content (AvgIpc) is 2.79. The summed E-state index contributed by atoms with van der Waals surface area (Å²) in [6.07, 6.45) is 4.90. The minimum absolute atomic E-state index is 0.0601. The number of hydrogen-bond acceptors (Lipinski definition) is 4. The molecule has 5 nitrogen and oxygen atoms in total. The maximum absolute atomic E-state index is 11.5. The molecule has 0 heterocycles. The first-order valence-electron chi connectivity index (χ1n) is 5.92. The van der Waals surface area contributed by atoms with Gasteiger partial charge in [0.2, 0.25) is 5.91 Å². The molecule has 1 fully saturated rings. The Hall–Kier alpha value is -0.650. The molecule has 2 N–H and O–H groups in total. The number of ether oxygens (including phenoxy) is 1. The van der Waals surface area contributed by atoms with Crippen LogP contribution in [-0.2, 0) is 14.4 Å². The first-order valence-corrected chi connectivity index (χ1v) is 5.92. The zero-order chi connectivity index (χ0) is 11.8. The summed E-state index contributed by atoms with van der Waals surface area (Å²) in [5, 5.41) is 2.75. The Morgan fingerprint density at radius 2 is 2.12 bits per heavy atom. The van der Waals surface area contributed by atoms with Gasteiger partial charge in [-0.1, -0.05) is 12.8 Å². The quantitative estimate of drug-likeness (QED) is 0.497. The molecule has 94 valence electrons. The third-order valence-corrected chi connectivity index (χ3v) is 2.71. The summed E-state index contributed by atoms with van der Waals surface area (Å²) in [6.45, 7) is 2.85. The Labute approximate surface area is 96.8 Å². The number of carbonyl (C=O) groups is 1. The van der Waals surface area contributed by atoms with E-state index < -0.39 is 0 Å². The van der Waals surface area contributed by atoms with Crippen molar-refractivity contribution in [3.8, 4) is 0 Å². The fraction of sp³-hybridized carbons (Fsp3) is 0.909. The van der Waals surface area contributed by atoms with E-state index in [1.165, 1.54) is 12.8 Å². The van der Waals surface area contributed by atoms with Crippen LogP contribution in [0.4, 0.5) is 0 Å². The summed E-state index contributed by atoms with van der Waals surface area (Å²) in [6, 6.07) is -0.322. The van der Waals surface area contributed by atoms with Gasteiger partial charge in [0.15, 0.2) is 0 Å². The van der Waals surface area contributed by atoms with Crippen LogP contribution >= 0.6 is 0 Å². The third-order valence-electron chi connectivity index (χ3n) is 2.71. The standard InChI is InChI=1S/C11H22N2O3/c1-9(11(14)12-7-8-15-2)13-16-10-5-3-4-6-10/h9-10,13H,3-8H2,1-2H3,(H,12,14). The normalized spacial score (nSPS) is 18.6. The molecule has 1 rings (SSSR count). The molecule has 0 aromatic rings. The highest BCUT2D eigenvalue weighted by Gasteiger charge is 2.18. The second-order valence-corrected chi connectivity index (χ2v) is 4.15. The maximum Gasteiger partial charge on any atom is 0.239 e. The molecule has 16 heavy (non-hydrogen) atoms. The molecular formula is C11H22N2O3. The Morgan fingerprint density at radius 3 is 2.75 bits per heavy atom. The van der Waals surface area contributed by atoms with E-state index in [1.54, 1.807) is 14.0 Å². The molecule has 1 aliphatic carbocycles. The van der Waals surface area contributed by atoms with Crippen LogP contribution in [0.15, 0.2) is 0 Å². The van der Waals surface area contributed by atoms with Gasteiger partial charge in [0.05, 0.1) is 12.7 Å². The van der Waals surface area contributed by atoms with E-state index in [0.717, 1.165) is 12.8 Å². The molecule has 1 saturated carbocycles. The summed E-state index contributed by atoms with van der Waals surface area (Å²) in [4.78, 5) is 17.0. The molecule has 1 amide bonds. The van der Waals surface area contributed by atoms with Crippen molar-refractivity contribution in [3.63, 3.8) is 0 Å². The van der Waals surface area contributed by atoms with Crippen LogP contribution in [0.2, 0.25) is 0 Å². The number of carbonyl (C=O) groups excluding carboxylic acids is 1. The predicted octanol–water partition coefficient (Wildman–Crippen LogP) is 0.601. The summed E-state index contributed by atoms with van der Waals surface area (Å²) < 4.78 is 4.85. The second-order valence-electron chi connectivity index (χ2n) is 4.15. The van der Waals surface area contributed by atoms with Crippen molar-refractivity contribution >= 4 is 5.91 Å². The zero-order valence-electron chi connectivity index (χ0n) is 10.1. The molecule has 0 saturated heterocycles. The first-order chi connectivity index (χ1) is 7.74. The minimum atomic E-state index is -0.322. The molecule has 0 bridgehead atoms. The molecule has 0 aromatic heterocycles. The molecule has 0 spiro atoms. The van der Waals surface area contributed by atoms with Crippen LogP contribution in [0.25, 0.3) is 0 Å². The van der Waals surface area contributed by atoms with Crippen LogP contribution in [0.5, 0.6) is 0 Å². The number of methoxy groups -OCH3 is 1.